The van der Waals surface area contributed by atoms with Crippen LogP contribution in [-0.4, -0.2) is 69.8 Å². The highest BCUT2D eigenvalue weighted by Gasteiger charge is 2.39. The van der Waals surface area contributed by atoms with Gasteiger partial charge in [-0.3, -0.25) is 14.3 Å². The number of carbonyl (C=O) groups is 2. The summed E-state index contributed by atoms with van der Waals surface area (Å²) < 4.78 is 37.3. The van der Waals surface area contributed by atoms with Crippen molar-refractivity contribution in [1.29, 1.82) is 0 Å². The van der Waals surface area contributed by atoms with Gasteiger partial charge >= 0.3 is 0 Å². The molecule has 0 aliphatic carbocycles. The maximum Gasteiger partial charge on any atom is 0.257 e. The Morgan fingerprint density at radius 3 is 2.76 bits per heavy atom. The van der Waals surface area contributed by atoms with Crippen LogP contribution in [0.25, 0.3) is 0 Å². The largest absolute Gasteiger partial charge is 0.490 e. The number of hydrogen-bond donors (Lipinski definition) is 2. The second kappa shape index (κ2) is 8.58. The van der Waals surface area contributed by atoms with Crippen LogP contribution in [0.5, 0.6) is 5.75 Å². The molecule has 10 heteroatoms. The zero-order chi connectivity index (χ0) is 21.2. The Morgan fingerprint density at radius 1 is 1.31 bits per heavy atom. The highest BCUT2D eigenvalue weighted by molar-refractivity contribution is 7.92. The number of benzene rings is 1. The number of fused-ring (bicyclic) bond motifs is 2. The minimum atomic E-state index is -3.46. The second-order valence-electron chi connectivity index (χ2n) is 7.41. The fourth-order valence-corrected chi connectivity index (χ4v) is 4.34. The zero-order valence-electron chi connectivity index (χ0n) is 16.8. The van der Waals surface area contributed by atoms with Gasteiger partial charge in [-0.1, -0.05) is 0 Å². The molecule has 0 aromatic heterocycles. The van der Waals surface area contributed by atoms with Gasteiger partial charge in [-0.2, -0.15) is 0 Å². The first-order valence-electron chi connectivity index (χ1n) is 9.62. The van der Waals surface area contributed by atoms with Crippen molar-refractivity contribution >= 4 is 27.5 Å². The van der Waals surface area contributed by atoms with E-state index in [1.165, 1.54) is 6.07 Å². The molecule has 160 valence electrons. The van der Waals surface area contributed by atoms with Crippen LogP contribution in [0.15, 0.2) is 18.2 Å². The van der Waals surface area contributed by atoms with E-state index in [0.29, 0.717) is 36.4 Å². The first-order chi connectivity index (χ1) is 13.7. The predicted molar refractivity (Wildman–Crippen MR) is 107 cm³/mol. The van der Waals surface area contributed by atoms with Gasteiger partial charge in [0, 0.05) is 19.3 Å². The Bertz CT molecular complexity index is 888. The van der Waals surface area contributed by atoms with Crippen molar-refractivity contribution < 1.29 is 27.5 Å². The molecule has 3 rings (SSSR count). The molecule has 0 radical (unpaired) electrons. The monoisotopic (exact) mass is 425 g/mol. The Morgan fingerprint density at radius 2 is 2.07 bits per heavy atom. The number of amides is 2. The van der Waals surface area contributed by atoms with Crippen molar-refractivity contribution in [2.75, 3.05) is 31.2 Å². The van der Waals surface area contributed by atoms with E-state index >= 15 is 0 Å². The molecule has 2 amide bonds. The SMILES string of the molecule is CCNC(=O)C[C@@H]1CC[C@H]2[C@H](COc3ccc(NS(C)(=O)=O)cc3C(=O)N2C)O1. The molecular weight excluding hydrogens is 398 g/mol. The van der Waals surface area contributed by atoms with Crippen LogP contribution in [0, 0.1) is 0 Å². The molecule has 1 saturated heterocycles. The third-order valence-corrected chi connectivity index (χ3v) is 5.71. The summed E-state index contributed by atoms with van der Waals surface area (Å²) in [5, 5.41) is 2.77. The summed E-state index contributed by atoms with van der Waals surface area (Å²) >= 11 is 0. The minimum Gasteiger partial charge on any atom is -0.490 e. The van der Waals surface area contributed by atoms with Crippen LogP contribution in [0.3, 0.4) is 0 Å². The Kier molecular flexibility index (Phi) is 6.33. The van der Waals surface area contributed by atoms with E-state index in [9.17, 15) is 18.0 Å². The van der Waals surface area contributed by atoms with E-state index in [1.54, 1.807) is 24.1 Å². The molecule has 2 N–H and O–H groups in total. The van der Waals surface area contributed by atoms with Crippen LogP contribution in [0.4, 0.5) is 5.69 Å². The maximum absolute atomic E-state index is 13.1. The van der Waals surface area contributed by atoms with Crippen molar-refractivity contribution in [1.82, 2.24) is 10.2 Å². The summed E-state index contributed by atoms with van der Waals surface area (Å²) in [6, 6.07) is 4.42. The molecule has 9 nitrogen and oxygen atoms in total. The summed E-state index contributed by atoms with van der Waals surface area (Å²) in [6.07, 6.45) is 2.13. The highest BCUT2D eigenvalue weighted by Crippen LogP contribution is 2.32. The summed E-state index contributed by atoms with van der Waals surface area (Å²) in [7, 11) is -1.75. The number of sulfonamides is 1. The minimum absolute atomic E-state index is 0.0524. The Balaban J connectivity index is 1.79. The molecule has 2 aliphatic rings. The van der Waals surface area contributed by atoms with Crippen LogP contribution in [-0.2, 0) is 19.6 Å². The normalized spacial score (nSPS) is 24.4. The van der Waals surface area contributed by atoms with Gasteiger partial charge in [0.2, 0.25) is 15.9 Å². The summed E-state index contributed by atoms with van der Waals surface area (Å²) in [6.45, 7) is 2.68. The van der Waals surface area contributed by atoms with E-state index in [-0.39, 0.29) is 43.1 Å². The van der Waals surface area contributed by atoms with Gasteiger partial charge in [0.25, 0.3) is 5.91 Å². The Labute approximate surface area is 170 Å². The number of hydrogen-bond acceptors (Lipinski definition) is 6. The first-order valence-corrected chi connectivity index (χ1v) is 11.5. The fraction of sp³-hybridized carbons (Fsp3) is 0.579. The van der Waals surface area contributed by atoms with Crippen molar-refractivity contribution in [3.8, 4) is 5.75 Å². The lowest BCUT2D eigenvalue weighted by Crippen LogP contribution is -2.53. The number of nitrogens with zero attached hydrogens (tertiary/aromatic N) is 1. The number of ether oxygens (including phenoxy) is 2. The van der Waals surface area contributed by atoms with Gasteiger partial charge in [-0.25, -0.2) is 8.42 Å². The maximum atomic E-state index is 13.1. The number of anilines is 1. The molecule has 3 atom stereocenters. The van der Waals surface area contributed by atoms with E-state index in [1.807, 2.05) is 6.92 Å². The molecule has 2 heterocycles. The lowest BCUT2D eigenvalue weighted by Gasteiger charge is -2.42. The van der Waals surface area contributed by atoms with E-state index in [0.717, 1.165) is 6.26 Å². The van der Waals surface area contributed by atoms with Crippen molar-refractivity contribution in [2.24, 2.45) is 0 Å². The third kappa shape index (κ3) is 5.18. The number of rotatable bonds is 5. The smallest absolute Gasteiger partial charge is 0.257 e. The summed E-state index contributed by atoms with van der Waals surface area (Å²) in [5.41, 5.74) is 0.597. The van der Waals surface area contributed by atoms with Gasteiger partial charge in [-0.05, 0) is 38.0 Å². The molecule has 0 unspecified atom stereocenters. The molecule has 1 fully saturated rings. The van der Waals surface area contributed by atoms with Gasteiger partial charge in [0.05, 0.1) is 30.4 Å². The van der Waals surface area contributed by atoms with Gasteiger partial charge in [0.1, 0.15) is 18.5 Å². The molecule has 1 aromatic carbocycles. The molecule has 0 saturated carbocycles. The van der Waals surface area contributed by atoms with Gasteiger partial charge in [-0.15, -0.1) is 0 Å². The van der Waals surface area contributed by atoms with E-state index < -0.39 is 10.0 Å². The standard InChI is InChI=1S/C19H27N3O6S/c1-4-20-18(23)10-13-6-7-15-17(28-13)11-27-16-8-5-12(21-29(3,25)26)9-14(16)19(24)22(15)2/h5,8-9,13,15,17,21H,4,6-7,10-11H2,1-3H3,(H,20,23)/t13-,15-,17-/m0/s1. The van der Waals surface area contributed by atoms with Crippen molar-refractivity contribution in [2.45, 2.75) is 44.4 Å². The molecule has 2 aliphatic heterocycles. The molecule has 0 bridgehead atoms. The van der Waals surface area contributed by atoms with Gasteiger partial charge < -0.3 is 19.7 Å². The van der Waals surface area contributed by atoms with Gasteiger partial charge in [0.15, 0.2) is 0 Å². The lowest BCUT2D eigenvalue weighted by atomic mass is 9.94. The third-order valence-electron chi connectivity index (χ3n) is 5.10. The first kappa shape index (κ1) is 21.4. The molecule has 1 aromatic rings. The number of likely N-dealkylation sites (N-methyl/N-ethyl adjacent to an activating group) is 1. The van der Waals surface area contributed by atoms with Crippen molar-refractivity contribution in [3.63, 3.8) is 0 Å². The van der Waals surface area contributed by atoms with Crippen LogP contribution in [0.1, 0.15) is 36.5 Å². The summed E-state index contributed by atoms with van der Waals surface area (Å²) in [5.74, 6) is 0.0508. The zero-order valence-corrected chi connectivity index (χ0v) is 17.6. The quantitative estimate of drug-likeness (QED) is 0.727. The fourth-order valence-electron chi connectivity index (χ4n) is 3.78. The van der Waals surface area contributed by atoms with E-state index in [2.05, 4.69) is 10.0 Å². The summed E-state index contributed by atoms with van der Waals surface area (Å²) in [4.78, 5) is 26.5. The highest BCUT2D eigenvalue weighted by atomic mass is 32.2. The van der Waals surface area contributed by atoms with Crippen LogP contribution < -0.4 is 14.8 Å². The topological polar surface area (TPSA) is 114 Å². The van der Waals surface area contributed by atoms with Crippen LogP contribution in [0.2, 0.25) is 0 Å². The lowest BCUT2D eigenvalue weighted by molar-refractivity contribution is -0.133. The average Bonchev–Trinajstić information content (AvgIpc) is 2.64. The van der Waals surface area contributed by atoms with E-state index in [4.69, 9.17) is 9.47 Å². The predicted octanol–water partition coefficient (Wildman–Crippen LogP) is 0.965. The van der Waals surface area contributed by atoms with Crippen molar-refractivity contribution in [3.05, 3.63) is 23.8 Å². The second-order valence-corrected chi connectivity index (χ2v) is 9.16. The number of nitrogens with one attached hydrogen (secondary N) is 2. The van der Waals surface area contributed by atoms with Crippen LogP contribution >= 0.6 is 0 Å². The molecule has 29 heavy (non-hydrogen) atoms. The number of carbonyl (C=O) groups excluding carboxylic acids is 2. The Hall–Kier alpha value is -2.33. The average molecular weight is 426 g/mol. The molecule has 0 spiro atoms. The molecular formula is C19H27N3O6S.